The summed E-state index contributed by atoms with van der Waals surface area (Å²) in [7, 11) is 0. The van der Waals surface area contributed by atoms with Gasteiger partial charge in [-0.2, -0.15) is 0 Å². The second-order valence-corrected chi connectivity index (χ2v) is 4.24. The Balaban J connectivity index is 1.95. The predicted molar refractivity (Wildman–Crippen MR) is 63.9 cm³/mol. The number of carbonyl (C=O) groups excluding carboxylic acids is 1. The highest BCUT2D eigenvalue weighted by atomic mass is 16.1. The standard InChI is InChI=1S/C14H12N2O/c17-14(11-5-8-15-9-6-11)12-4-3-10-2-1-7-16-13(10)12/h1-2,5-9,12H,3-4H2. The lowest BCUT2D eigenvalue weighted by Crippen LogP contribution is -2.11. The van der Waals surface area contributed by atoms with Gasteiger partial charge >= 0.3 is 0 Å². The molecule has 3 heteroatoms. The molecule has 2 aromatic rings. The summed E-state index contributed by atoms with van der Waals surface area (Å²) in [4.78, 5) is 20.6. The van der Waals surface area contributed by atoms with Gasteiger partial charge in [-0.15, -0.1) is 0 Å². The van der Waals surface area contributed by atoms with E-state index < -0.39 is 0 Å². The number of ketones is 1. The highest BCUT2D eigenvalue weighted by molar-refractivity contribution is 6.01. The number of pyridine rings is 2. The maximum absolute atomic E-state index is 12.3. The third-order valence-corrected chi connectivity index (χ3v) is 3.24. The van der Waals surface area contributed by atoms with Crippen LogP contribution in [0.15, 0.2) is 42.9 Å². The van der Waals surface area contributed by atoms with Crippen molar-refractivity contribution in [2.75, 3.05) is 0 Å². The zero-order chi connectivity index (χ0) is 11.7. The molecule has 17 heavy (non-hydrogen) atoms. The number of aromatic nitrogens is 2. The second-order valence-electron chi connectivity index (χ2n) is 4.24. The van der Waals surface area contributed by atoms with Crippen molar-refractivity contribution < 1.29 is 4.79 Å². The van der Waals surface area contributed by atoms with Crippen LogP contribution < -0.4 is 0 Å². The van der Waals surface area contributed by atoms with E-state index in [0.29, 0.717) is 0 Å². The van der Waals surface area contributed by atoms with Crippen LogP contribution in [-0.4, -0.2) is 15.8 Å². The molecule has 0 N–H and O–H groups in total. The van der Waals surface area contributed by atoms with E-state index in [1.165, 1.54) is 5.56 Å². The molecule has 0 radical (unpaired) electrons. The number of fused-ring (bicyclic) bond motifs is 1. The molecule has 2 heterocycles. The smallest absolute Gasteiger partial charge is 0.172 e. The van der Waals surface area contributed by atoms with E-state index in [0.717, 1.165) is 24.1 Å². The Bertz CT molecular complexity index is 551. The molecule has 0 aliphatic heterocycles. The number of hydrogen-bond acceptors (Lipinski definition) is 3. The van der Waals surface area contributed by atoms with Crippen molar-refractivity contribution in [3.63, 3.8) is 0 Å². The van der Waals surface area contributed by atoms with Crippen LogP contribution in [0.2, 0.25) is 0 Å². The Labute approximate surface area is 99.5 Å². The van der Waals surface area contributed by atoms with E-state index >= 15 is 0 Å². The lowest BCUT2D eigenvalue weighted by atomic mass is 9.96. The van der Waals surface area contributed by atoms with Crippen LogP contribution in [0.4, 0.5) is 0 Å². The van der Waals surface area contributed by atoms with Gasteiger partial charge in [0.15, 0.2) is 5.78 Å². The van der Waals surface area contributed by atoms with Crippen molar-refractivity contribution in [2.45, 2.75) is 18.8 Å². The van der Waals surface area contributed by atoms with Crippen LogP contribution >= 0.6 is 0 Å². The highest BCUT2D eigenvalue weighted by Gasteiger charge is 2.30. The third-order valence-electron chi connectivity index (χ3n) is 3.24. The molecular weight excluding hydrogens is 212 g/mol. The molecule has 0 saturated heterocycles. The molecule has 2 aromatic heterocycles. The minimum absolute atomic E-state index is 0.0754. The zero-order valence-corrected chi connectivity index (χ0v) is 9.34. The summed E-state index contributed by atoms with van der Waals surface area (Å²) in [5, 5.41) is 0. The summed E-state index contributed by atoms with van der Waals surface area (Å²) >= 11 is 0. The van der Waals surface area contributed by atoms with E-state index in [9.17, 15) is 4.79 Å². The summed E-state index contributed by atoms with van der Waals surface area (Å²) in [5.74, 6) is 0.0819. The van der Waals surface area contributed by atoms with Crippen molar-refractivity contribution in [1.29, 1.82) is 0 Å². The molecule has 0 bridgehead atoms. The summed E-state index contributed by atoms with van der Waals surface area (Å²) in [6.07, 6.45) is 6.89. The van der Waals surface area contributed by atoms with E-state index in [4.69, 9.17) is 0 Å². The van der Waals surface area contributed by atoms with Gasteiger partial charge in [0.2, 0.25) is 0 Å². The maximum atomic E-state index is 12.3. The van der Waals surface area contributed by atoms with Gasteiger partial charge < -0.3 is 0 Å². The first-order valence-corrected chi connectivity index (χ1v) is 5.74. The quantitative estimate of drug-likeness (QED) is 0.735. The van der Waals surface area contributed by atoms with Crippen molar-refractivity contribution in [3.05, 3.63) is 59.7 Å². The van der Waals surface area contributed by atoms with Crippen LogP contribution in [0.1, 0.15) is 34.0 Å². The molecule has 0 fully saturated rings. The number of Topliss-reactive ketones (excluding diaryl/α,β-unsaturated/α-hetero) is 1. The fourth-order valence-electron chi connectivity index (χ4n) is 2.39. The molecule has 84 valence electrons. The SMILES string of the molecule is O=C(c1ccncc1)C1CCc2cccnc21. The molecule has 0 aromatic carbocycles. The van der Waals surface area contributed by atoms with Gasteiger partial charge in [0.05, 0.1) is 11.6 Å². The Morgan fingerprint density at radius 1 is 1.18 bits per heavy atom. The molecular formula is C14H12N2O. The monoisotopic (exact) mass is 224 g/mol. The van der Waals surface area contributed by atoms with Crippen LogP contribution in [-0.2, 0) is 6.42 Å². The van der Waals surface area contributed by atoms with Gasteiger partial charge in [-0.25, -0.2) is 0 Å². The minimum Gasteiger partial charge on any atom is -0.293 e. The molecule has 0 amide bonds. The van der Waals surface area contributed by atoms with E-state index in [1.807, 2.05) is 6.07 Å². The first kappa shape index (κ1) is 10.1. The van der Waals surface area contributed by atoms with Gasteiger partial charge in [-0.05, 0) is 36.6 Å². The zero-order valence-electron chi connectivity index (χ0n) is 9.34. The molecule has 0 saturated carbocycles. The maximum Gasteiger partial charge on any atom is 0.172 e. The number of rotatable bonds is 2. The molecule has 0 spiro atoms. The topological polar surface area (TPSA) is 42.9 Å². The molecule has 1 atom stereocenters. The number of hydrogen-bond donors (Lipinski definition) is 0. The van der Waals surface area contributed by atoms with Crippen LogP contribution in [0.5, 0.6) is 0 Å². The highest BCUT2D eigenvalue weighted by Crippen LogP contribution is 2.33. The summed E-state index contributed by atoms with van der Waals surface area (Å²) in [6, 6.07) is 7.52. The fraction of sp³-hybridized carbons (Fsp3) is 0.214. The first-order valence-electron chi connectivity index (χ1n) is 5.74. The Hall–Kier alpha value is -2.03. The van der Waals surface area contributed by atoms with Crippen molar-refractivity contribution in [3.8, 4) is 0 Å². The first-order chi connectivity index (χ1) is 8.36. The van der Waals surface area contributed by atoms with Gasteiger partial charge in [0, 0.05) is 24.2 Å². The lowest BCUT2D eigenvalue weighted by Gasteiger charge is -2.08. The largest absolute Gasteiger partial charge is 0.293 e. The summed E-state index contributed by atoms with van der Waals surface area (Å²) in [6.45, 7) is 0. The number of aryl methyl sites for hydroxylation is 1. The van der Waals surface area contributed by atoms with Crippen LogP contribution in [0.25, 0.3) is 0 Å². The van der Waals surface area contributed by atoms with Gasteiger partial charge in [-0.3, -0.25) is 14.8 Å². The van der Waals surface area contributed by atoms with E-state index in [2.05, 4.69) is 16.0 Å². The van der Waals surface area contributed by atoms with Gasteiger partial charge in [0.1, 0.15) is 0 Å². The minimum atomic E-state index is -0.0754. The molecule has 1 unspecified atom stereocenters. The fourth-order valence-corrected chi connectivity index (χ4v) is 2.39. The summed E-state index contributed by atoms with van der Waals surface area (Å²) in [5.41, 5.74) is 2.89. The number of carbonyl (C=O) groups is 1. The average molecular weight is 224 g/mol. The average Bonchev–Trinajstić information content (AvgIpc) is 2.83. The Morgan fingerprint density at radius 2 is 2.00 bits per heavy atom. The normalized spacial score (nSPS) is 17.8. The molecule has 1 aliphatic carbocycles. The van der Waals surface area contributed by atoms with Crippen LogP contribution in [0, 0.1) is 0 Å². The molecule has 1 aliphatic rings. The second kappa shape index (κ2) is 4.09. The number of nitrogens with zero attached hydrogens (tertiary/aromatic N) is 2. The predicted octanol–water partition coefficient (Wildman–Crippen LogP) is 2.39. The Kier molecular flexibility index (Phi) is 2.44. The van der Waals surface area contributed by atoms with Crippen LogP contribution in [0.3, 0.4) is 0 Å². The third kappa shape index (κ3) is 1.73. The summed E-state index contributed by atoms with van der Waals surface area (Å²) < 4.78 is 0. The van der Waals surface area contributed by atoms with Crippen molar-refractivity contribution in [1.82, 2.24) is 9.97 Å². The van der Waals surface area contributed by atoms with E-state index in [-0.39, 0.29) is 11.7 Å². The molecule has 3 nitrogen and oxygen atoms in total. The van der Waals surface area contributed by atoms with Gasteiger partial charge in [0.25, 0.3) is 0 Å². The Morgan fingerprint density at radius 3 is 2.82 bits per heavy atom. The van der Waals surface area contributed by atoms with Gasteiger partial charge in [-0.1, -0.05) is 6.07 Å². The lowest BCUT2D eigenvalue weighted by molar-refractivity contribution is 0.0958. The molecule has 3 rings (SSSR count). The van der Waals surface area contributed by atoms with E-state index in [1.54, 1.807) is 30.7 Å². The van der Waals surface area contributed by atoms with Crippen molar-refractivity contribution in [2.24, 2.45) is 0 Å². The van der Waals surface area contributed by atoms with Crippen molar-refractivity contribution >= 4 is 5.78 Å².